The zero-order valence-electron chi connectivity index (χ0n) is 17.0. The first kappa shape index (κ1) is 24.9. The van der Waals surface area contributed by atoms with Gasteiger partial charge in [-0.05, 0) is 32.1 Å². The molecule has 26 heavy (non-hydrogen) atoms. The molecular formula is C22H41NO3. The standard InChI is InChI=1S/C22H41NO3/c1-3-5-7-8-9-10-11-12-13-14-16-18-22(26)23-20(19-24)21(25)17-15-6-4-2/h8-9,15,17,20-21,24-25H,3-7,10-14,16,18-19H2,1-2H3,(H,23,26)/b9-8-,17-15+. The van der Waals surface area contributed by atoms with Gasteiger partial charge in [0.1, 0.15) is 0 Å². The van der Waals surface area contributed by atoms with E-state index < -0.39 is 12.1 Å². The molecular weight excluding hydrogens is 326 g/mol. The predicted octanol–water partition coefficient (Wildman–Crippen LogP) is 4.66. The second kappa shape index (κ2) is 18.7. The Balaban J connectivity index is 3.70. The van der Waals surface area contributed by atoms with Crippen molar-refractivity contribution in [3.8, 4) is 0 Å². The van der Waals surface area contributed by atoms with Crippen LogP contribution in [-0.4, -0.2) is 34.9 Å². The van der Waals surface area contributed by atoms with E-state index in [1.165, 1.54) is 32.1 Å². The Bertz CT molecular complexity index is 380. The van der Waals surface area contributed by atoms with Crippen LogP contribution < -0.4 is 5.32 Å². The number of carbonyl (C=O) groups excluding carboxylic acids is 1. The zero-order chi connectivity index (χ0) is 19.5. The normalized spacial score (nSPS) is 14.2. The van der Waals surface area contributed by atoms with E-state index in [0.717, 1.165) is 38.5 Å². The van der Waals surface area contributed by atoms with Crippen molar-refractivity contribution in [2.24, 2.45) is 0 Å². The lowest BCUT2D eigenvalue weighted by Gasteiger charge is -2.19. The Morgan fingerprint density at radius 3 is 2.19 bits per heavy atom. The van der Waals surface area contributed by atoms with Gasteiger partial charge in [0.15, 0.2) is 0 Å². The number of amides is 1. The van der Waals surface area contributed by atoms with Gasteiger partial charge >= 0.3 is 0 Å². The number of carbonyl (C=O) groups is 1. The number of hydrogen-bond donors (Lipinski definition) is 3. The Hall–Kier alpha value is -1.13. The highest BCUT2D eigenvalue weighted by Gasteiger charge is 2.17. The Morgan fingerprint density at radius 1 is 0.885 bits per heavy atom. The molecule has 0 aromatic rings. The number of aliphatic hydroxyl groups excluding tert-OH is 2. The monoisotopic (exact) mass is 367 g/mol. The summed E-state index contributed by atoms with van der Waals surface area (Å²) >= 11 is 0. The highest BCUT2D eigenvalue weighted by atomic mass is 16.3. The van der Waals surface area contributed by atoms with Gasteiger partial charge in [-0.25, -0.2) is 0 Å². The molecule has 0 fully saturated rings. The molecule has 0 saturated carbocycles. The average Bonchev–Trinajstić information content (AvgIpc) is 2.64. The van der Waals surface area contributed by atoms with Gasteiger partial charge in [-0.1, -0.05) is 76.7 Å². The molecule has 0 aromatic carbocycles. The lowest BCUT2D eigenvalue weighted by Crippen LogP contribution is -2.45. The van der Waals surface area contributed by atoms with Gasteiger partial charge in [0.2, 0.25) is 5.91 Å². The van der Waals surface area contributed by atoms with Crippen molar-refractivity contribution in [2.45, 2.75) is 103 Å². The van der Waals surface area contributed by atoms with Crippen LogP contribution in [0.5, 0.6) is 0 Å². The third-order valence-electron chi connectivity index (χ3n) is 4.41. The van der Waals surface area contributed by atoms with E-state index in [2.05, 4.69) is 31.3 Å². The molecule has 0 aliphatic rings. The van der Waals surface area contributed by atoms with Crippen LogP contribution >= 0.6 is 0 Å². The topological polar surface area (TPSA) is 69.6 Å². The van der Waals surface area contributed by atoms with E-state index in [1.54, 1.807) is 6.08 Å². The molecule has 2 atom stereocenters. The second-order valence-electron chi connectivity index (χ2n) is 6.98. The van der Waals surface area contributed by atoms with E-state index in [4.69, 9.17) is 0 Å². The summed E-state index contributed by atoms with van der Waals surface area (Å²) in [5.41, 5.74) is 0. The first-order valence-electron chi connectivity index (χ1n) is 10.6. The van der Waals surface area contributed by atoms with Crippen LogP contribution in [0, 0.1) is 0 Å². The fourth-order valence-corrected chi connectivity index (χ4v) is 2.69. The van der Waals surface area contributed by atoms with Crippen LogP contribution in [0.3, 0.4) is 0 Å². The molecule has 152 valence electrons. The number of unbranched alkanes of at least 4 members (excludes halogenated alkanes) is 8. The van der Waals surface area contributed by atoms with Crippen LogP contribution in [0.1, 0.15) is 90.9 Å². The van der Waals surface area contributed by atoms with Crippen LogP contribution in [0.2, 0.25) is 0 Å². The summed E-state index contributed by atoms with van der Waals surface area (Å²) in [4.78, 5) is 11.9. The van der Waals surface area contributed by atoms with Gasteiger partial charge in [-0.15, -0.1) is 0 Å². The summed E-state index contributed by atoms with van der Waals surface area (Å²) < 4.78 is 0. The predicted molar refractivity (Wildman–Crippen MR) is 110 cm³/mol. The maximum absolute atomic E-state index is 11.9. The van der Waals surface area contributed by atoms with Crippen molar-refractivity contribution in [3.63, 3.8) is 0 Å². The molecule has 0 bridgehead atoms. The van der Waals surface area contributed by atoms with Gasteiger partial charge in [0, 0.05) is 6.42 Å². The Morgan fingerprint density at radius 2 is 1.54 bits per heavy atom. The van der Waals surface area contributed by atoms with Crippen molar-refractivity contribution in [1.82, 2.24) is 5.32 Å². The van der Waals surface area contributed by atoms with Crippen molar-refractivity contribution < 1.29 is 15.0 Å². The SMILES string of the molecule is CCC/C=C/C(O)C(CO)NC(=O)CCCCCCC/C=C\CCCC. The second-order valence-corrected chi connectivity index (χ2v) is 6.98. The van der Waals surface area contributed by atoms with Gasteiger partial charge < -0.3 is 15.5 Å². The first-order valence-corrected chi connectivity index (χ1v) is 10.6. The molecule has 3 N–H and O–H groups in total. The van der Waals surface area contributed by atoms with Crippen molar-refractivity contribution in [3.05, 3.63) is 24.3 Å². The van der Waals surface area contributed by atoms with Crippen molar-refractivity contribution in [2.75, 3.05) is 6.61 Å². The number of allylic oxidation sites excluding steroid dienone is 3. The number of nitrogens with one attached hydrogen (secondary N) is 1. The lowest BCUT2D eigenvalue weighted by molar-refractivity contribution is -0.123. The van der Waals surface area contributed by atoms with Gasteiger partial charge in [-0.2, -0.15) is 0 Å². The minimum atomic E-state index is -0.833. The molecule has 0 saturated heterocycles. The fourth-order valence-electron chi connectivity index (χ4n) is 2.69. The molecule has 4 heteroatoms. The molecule has 0 aromatic heterocycles. The minimum Gasteiger partial charge on any atom is -0.394 e. The molecule has 0 rings (SSSR count). The largest absolute Gasteiger partial charge is 0.394 e. The van der Waals surface area contributed by atoms with E-state index in [0.29, 0.717) is 6.42 Å². The molecule has 0 aliphatic heterocycles. The summed E-state index contributed by atoms with van der Waals surface area (Å²) in [6, 6.07) is -0.616. The van der Waals surface area contributed by atoms with Crippen LogP contribution in [0.4, 0.5) is 0 Å². The third kappa shape index (κ3) is 15.2. The quantitative estimate of drug-likeness (QED) is 0.259. The van der Waals surface area contributed by atoms with Crippen molar-refractivity contribution >= 4 is 5.91 Å². The molecule has 2 unspecified atom stereocenters. The zero-order valence-corrected chi connectivity index (χ0v) is 17.0. The van der Waals surface area contributed by atoms with Crippen LogP contribution in [-0.2, 0) is 4.79 Å². The van der Waals surface area contributed by atoms with E-state index in [1.807, 2.05) is 6.08 Å². The van der Waals surface area contributed by atoms with Crippen molar-refractivity contribution in [1.29, 1.82) is 0 Å². The molecule has 1 amide bonds. The third-order valence-corrected chi connectivity index (χ3v) is 4.41. The lowest BCUT2D eigenvalue weighted by atomic mass is 10.1. The molecule has 4 nitrogen and oxygen atoms in total. The van der Waals surface area contributed by atoms with E-state index >= 15 is 0 Å². The number of rotatable bonds is 17. The molecule has 0 radical (unpaired) electrons. The maximum Gasteiger partial charge on any atom is 0.220 e. The van der Waals surface area contributed by atoms with E-state index in [-0.39, 0.29) is 12.5 Å². The Labute approximate surface area is 160 Å². The smallest absolute Gasteiger partial charge is 0.220 e. The van der Waals surface area contributed by atoms with Gasteiger partial charge in [0.05, 0.1) is 18.8 Å². The van der Waals surface area contributed by atoms with Gasteiger partial charge in [-0.3, -0.25) is 4.79 Å². The highest BCUT2D eigenvalue weighted by molar-refractivity contribution is 5.76. The molecule has 0 aliphatic carbocycles. The fraction of sp³-hybridized carbons (Fsp3) is 0.773. The molecule has 0 spiro atoms. The van der Waals surface area contributed by atoms with E-state index in [9.17, 15) is 15.0 Å². The summed E-state index contributed by atoms with van der Waals surface area (Å²) in [5.74, 6) is -0.0918. The minimum absolute atomic E-state index is 0.0918. The number of hydrogen-bond acceptors (Lipinski definition) is 3. The van der Waals surface area contributed by atoms with Crippen LogP contribution in [0.15, 0.2) is 24.3 Å². The summed E-state index contributed by atoms with van der Waals surface area (Å²) in [7, 11) is 0. The van der Waals surface area contributed by atoms with Crippen LogP contribution in [0.25, 0.3) is 0 Å². The summed E-state index contributed by atoms with van der Waals surface area (Å²) in [6.07, 6.45) is 20.0. The molecule has 0 heterocycles. The summed E-state index contributed by atoms with van der Waals surface area (Å²) in [5, 5.41) is 22.1. The summed E-state index contributed by atoms with van der Waals surface area (Å²) in [6.45, 7) is 4.02. The number of aliphatic hydroxyl groups is 2. The Kier molecular flexibility index (Phi) is 17.8. The highest BCUT2D eigenvalue weighted by Crippen LogP contribution is 2.08. The maximum atomic E-state index is 11.9. The van der Waals surface area contributed by atoms with Gasteiger partial charge in [0.25, 0.3) is 0 Å². The average molecular weight is 368 g/mol. The first-order chi connectivity index (χ1) is 12.7.